The van der Waals surface area contributed by atoms with Crippen molar-refractivity contribution in [2.45, 2.75) is 10.1 Å². The number of hydrogen-bond acceptors (Lipinski definition) is 3. The van der Waals surface area contributed by atoms with Crippen LogP contribution in [-0.4, -0.2) is 9.97 Å². The highest BCUT2D eigenvalue weighted by Crippen LogP contribution is 2.42. The van der Waals surface area contributed by atoms with Crippen LogP contribution in [0.1, 0.15) is 0 Å². The third kappa shape index (κ3) is 2.79. The van der Waals surface area contributed by atoms with E-state index in [4.69, 9.17) is 0 Å². The van der Waals surface area contributed by atoms with Crippen molar-refractivity contribution in [3.8, 4) is 0 Å². The van der Waals surface area contributed by atoms with E-state index >= 15 is 0 Å². The molecule has 2 N–H and O–H groups in total. The zero-order chi connectivity index (χ0) is 8.93. The first-order valence-corrected chi connectivity index (χ1v) is 7.21. The molecule has 13 heavy (non-hydrogen) atoms. The summed E-state index contributed by atoms with van der Waals surface area (Å²) in [6, 6.07) is 8.13. The molecule has 0 aliphatic carbocycles. The minimum Gasteiger partial charge on any atom is -0.356 e. The van der Waals surface area contributed by atoms with Gasteiger partial charge in [0.25, 0.3) is 0 Å². The van der Waals surface area contributed by atoms with Crippen molar-refractivity contribution in [1.29, 1.82) is 0 Å². The second-order valence-corrected chi connectivity index (χ2v) is 6.29. The van der Waals surface area contributed by atoms with Crippen molar-refractivity contribution in [3.05, 3.63) is 36.7 Å². The normalized spacial score (nSPS) is 10.5. The Labute approximate surface area is 88.1 Å². The predicted octanol–water partition coefficient (Wildman–Crippen LogP) is 3.79. The van der Waals surface area contributed by atoms with Gasteiger partial charge < -0.3 is 9.97 Å². The molecule has 0 saturated carbocycles. The van der Waals surface area contributed by atoms with E-state index < -0.39 is 0 Å². The van der Waals surface area contributed by atoms with Gasteiger partial charge in [-0.15, -0.1) is 0 Å². The van der Waals surface area contributed by atoms with Crippen LogP contribution in [0.25, 0.3) is 0 Å². The smallest absolute Gasteiger partial charge is 0.0837 e. The maximum Gasteiger partial charge on any atom is 0.0837 e. The van der Waals surface area contributed by atoms with Crippen LogP contribution in [0, 0.1) is 0 Å². The van der Waals surface area contributed by atoms with Gasteiger partial charge in [0, 0.05) is 12.4 Å². The second kappa shape index (κ2) is 4.74. The standard InChI is InChI=1S/C8H8N2S3/c1-3-7(9-5-1)11-13-12-8-4-2-6-10-8/h1-6,9-10H. The zero-order valence-electron chi connectivity index (χ0n) is 6.69. The van der Waals surface area contributed by atoms with E-state index in [1.807, 2.05) is 24.5 Å². The first kappa shape index (κ1) is 9.18. The Morgan fingerprint density at radius 3 is 1.77 bits per heavy atom. The number of hydrogen-bond donors (Lipinski definition) is 2. The average molecular weight is 228 g/mol. The number of H-pyrrole nitrogens is 2. The molecule has 2 aromatic rings. The van der Waals surface area contributed by atoms with E-state index in [0.29, 0.717) is 0 Å². The van der Waals surface area contributed by atoms with Crippen molar-refractivity contribution in [3.63, 3.8) is 0 Å². The van der Waals surface area contributed by atoms with Crippen LogP contribution in [-0.2, 0) is 0 Å². The Kier molecular flexibility index (Phi) is 3.34. The third-order valence-electron chi connectivity index (χ3n) is 1.39. The fourth-order valence-electron chi connectivity index (χ4n) is 0.822. The number of aromatic nitrogens is 2. The summed E-state index contributed by atoms with van der Waals surface area (Å²) in [5, 5.41) is 2.37. The Hall–Kier alpha value is -0.390. The molecule has 0 spiro atoms. The van der Waals surface area contributed by atoms with E-state index in [0.717, 1.165) is 0 Å². The van der Waals surface area contributed by atoms with Crippen LogP contribution in [0.5, 0.6) is 0 Å². The minimum atomic E-state index is 1.18. The van der Waals surface area contributed by atoms with E-state index in [9.17, 15) is 0 Å². The molecule has 0 atom stereocenters. The Morgan fingerprint density at radius 1 is 0.846 bits per heavy atom. The van der Waals surface area contributed by atoms with Gasteiger partial charge in [0.1, 0.15) is 0 Å². The lowest BCUT2D eigenvalue weighted by atomic mass is 10.7. The predicted molar refractivity (Wildman–Crippen MR) is 60.9 cm³/mol. The SMILES string of the molecule is c1c[nH]c(SSSc2ccc[nH]2)c1. The molecular weight excluding hydrogens is 220 g/mol. The van der Waals surface area contributed by atoms with Crippen LogP contribution in [0.2, 0.25) is 0 Å². The largest absolute Gasteiger partial charge is 0.356 e. The monoisotopic (exact) mass is 228 g/mol. The minimum absolute atomic E-state index is 1.18. The summed E-state index contributed by atoms with van der Waals surface area (Å²) in [6.07, 6.45) is 3.87. The Bertz CT molecular complexity index is 294. The maximum absolute atomic E-state index is 3.14. The molecule has 0 saturated heterocycles. The lowest BCUT2D eigenvalue weighted by molar-refractivity contribution is 1.21. The molecule has 0 aliphatic heterocycles. The molecular formula is C8H8N2S3. The number of aromatic amines is 2. The highest BCUT2D eigenvalue weighted by molar-refractivity contribution is 9.09. The van der Waals surface area contributed by atoms with Crippen LogP contribution in [0.3, 0.4) is 0 Å². The van der Waals surface area contributed by atoms with Gasteiger partial charge in [-0.05, 0) is 55.7 Å². The summed E-state index contributed by atoms with van der Waals surface area (Å²) in [5.74, 6) is 0. The van der Waals surface area contributed by atoms with Gasteiger partial charge in [-0.25, -0.2) is 0 Å². The summed E-state index contributed by atoms with van der Waals surface area (Å²) in [6.45, 7) is 0. The highest BCUT2D eigenvalue weighted by Gasteiger charge is 1.97. The first-order chi connectivity index (χ1) is 6.45. The van der Waals surface area contributed by atoms with Gasteiger partial charge >= 0.3 is 0 Å². The summed E-state index contributed by atoms with van der Waals surface area (Å²) in [4.78, 5) is 6.27. The van der Waals surface area contributed by atoms with Crippen molar-refractivity contribution >= 4 is 31.4 Å². The lowest BCUT2D eigenvalue weighted by Crippen LogP contribution is -1.62. The molecule has 2 heterocycles. The third-order valence-corrected chi connectivity index (χ3v) is 5.10. The van der Waals surface area contributed by atoms with Crippen molar-refractivity contribution in [2.24, 2.45) is 0 Å². The summed E-state index contributed by atoms with van der Waals surface area (Å²) in [7, 11) is 5.20. The number of nitrogens with one attached hydrogen (secondary N) is 2. The summed E-state index contributed by atoms with van der Waals surface area (Å²) in [5.41, 5.74) is 0. The molecule has 0 bridgehead atoms. The van der Waals surface area contributed by atoms with E-state index in [2.05, 4.69) is 22.1 Å². The molecule has 0 fully saturated rings. The fraction of sp³-hybridized carbons (Fsp3) is 0. The first-order valence-electron chi connectivity index (χ1n) is 3.73. The number of rotatable bonds is 4. The molecule has 0 aromatic carbocycles. The zero-order valence-corrected chi connectivity index (χ0v) is 9.14. The van der Waals surface area contributed by atoms with Crippen molar-refractivity contribution in [2.75, 3.05) is 0 Å². The van der Waals surface area contributed by atoms with Gasteiger partial charge in [0.05, 0.1) is 10.1 Å². The highest BCUT2D eigenvalue weighted by atomic mass is 33.5. The molecule has 0 aliphatic rings. The van der Waals surface area contributed by atoms with Gasteiger partial charge in [-0.1, -0.05) is 0 Å². The summed E-state index contributed by atoms with van der Waals surface area (Å²) < 4.78 is 0. The molecule has 2 nitrogen and oxygen atoms in total. The molecule has 0 unspecified atom stereocenters. The fourth-order valence-corrected chi connectivity index (χ4v) is 4.29. The van der Waals surface area contributed by atoms with E-state index in [-0.39, 0.29) is 0 Å². The van der Waals surface area contributed by atoms with Crippen molar-refractivity contribution in [1.82, 2.24) is 9.97 Å². The molecule has 2 rings (SSSR count). The van der Waals surface area contributed by atoms with Gasteiger partial charge in [-0.2, -0.15) is 0 Å². The topological polar surface area (TPSA) is 31.6 Å². The van der Waals surface area contributed by atoms with Gasteiger partial charge in [0.2, 0.25) is 0 Å². The quantitative estimate of drug-likeness (QED) is 0.781. The van der Waals surface area contributed by atoms with Crippen molar-refractivity contribution < 1.29 is 0 Å². The Morgan fingerprint density at radius 2 is 1.38 bits per heavy atom. The van der Waals surface area contributed by atoms with E-state index in [1.165, 1.54) is 10.1 Å². The lowest BCUT2D eigenvalue weighted by Gasteiger charge is -1.94. The molecule has 2 aromatic heterocycles. The molecule has 5 heteroatoms. The average Bonchev–Trinajstić information content (AvgIpc) is 2.75. The maximum atomic E-state index is 3.14. The van der Waals surface area contributed by atoms with E-state index in [1.54, 1.807) is 31.4 Å². The summed E-state index contributed by atoms with van der Waals surface area (Å²) >= 11 is 0. The molecule has 0 radical (unpaired) electrons. The van der Waals surface area contributed by atoms with Crippen LogP contribution < -0.4 is 0 Å². The van der Waals surface area contributed by atoms with Crippen LogP contribution in [0.15, 0.2) is 46.7 Å². The van der Waals surface area contributed by atoms with Gasteiger partial charge in [0.15, 0.2) is 0 Å². The van der Waals surface area contributed by atoms with Gasteiger partial charge in [-0.3, -0.25) is 0 Å². The molecule has 0 amide bonds. The second-order valence-electron chi connectivity index (χ2n) is 2.30. The molecule has 68 valence electrons. The Balaban J connectivity index is 1.76. The van der Waals surface area contributed by atoms with Crippen LogP contribution >= 0.6 is 31.4 Å². The van der Waals surface area contributed by atoms with Crippen LogP contribution in [0.4, 0.5) is 0 Å².